The third kappa shape index (κ3) is 3.78. The number of piperidine rings is 1. The average Bonchev–Trinajstić information content (AvgIpc) is 3.07. The van der Waals surface area contributed by atoms with Crippen LogP contribution in [0.1, 0.15) is 42.9 Å². The summed E-state index contributed by atoms with van der Waals surface area (Å²) in [6.45, 7) is 7.38. The fourth-order valence-electron chi connectivity index (χ4n) is 3.90. The highest BCUT2D eigenvalue weighted by molar-refractivity contribution is 5.88. The van der Waals surface area contributed by atoms with Crippen molar-refractivity contribution in [1.82, 2.24) is 25.0 Å². The molecule has 1 aromatic heterocycles. The Morgan fingerprint density at radius 2 is 1.96 bits per heavy atom. The molecule has 7 nitrogen and oxygen atoms in total. The van der Waals surface area contributed by atoms with Crippen LogP contribution in [0.15, 0.2) is 24.3 Å². The van der Waals surface area contributed by atoms with Gasteiger partial charge in [0.15, 0.2) is 0 Å². The Bertz CT molecular complexity index is 763. The lowest BCUT2D eigenvalue weighted by Crippen LogP contribution is -2.35. The molecule has 1 aromatic carbocycles. The predicted octanol–water partition coefficient (Wildman–Crippen LogP) is 1.72. The molecule has 26 heavy (non-hydrogen) atoms. The fraction of sp³-hybridized carbons (Fsp3) is 0.526. The Balaban J connectivity index is 1.39. The van der Waals surface area contributed by atoms with Crippen molar-refractivity contribution in [2.75, 3.05) is 25.0 Å². The van der Waals surface area contributed by atoms with Crippen molar-refractivity contribution in [2.45, 2.75) is 45.3 Å². The van der Waals surface area contributed by atoms with Gasteiger partial charge in [-0.2, -0.15) is 0 Å². The van der Waals surface area contributed by atoms with Crippen LogP contribution in [0.4, 0.5) is 5.69 Å². The molecule has 0 radical (unpaired) electrons. The molecule has 1 fully saturated rings. The van der Waals surface area contributed by atoms with Gasteiger partial charge >= 0.3 is 0 Å². The molecule has 138 valence electrons. The predicted molar refractivity (Wildman–Crippen MR) is 99.7 cm³/mol. The number of amides is 1. The molecule has 3 heterocycles. The summed E-state index contributed by atoms with van der Waals surface area (Å²) in [5.74, 6) is 2.77. The Morgan fingerprint density at radius 1 is 1.19 bits per heavy atom. The number of carbonyl (C=O) groups is 1. The number of hydrogen-bond acceptors (Lipinski definition) is 5. The lowest BCUT2D eigenvalue weighted by atomic mass is 9.97. The van der Waals surface area contributed by atoms with Crippen molar-refractivity contribution in [3.05, 3.63) is 41.5 Å². The van der Waals surface area contributed by atoms with Crippen LogP contribution >= 0.6 is 0 Å². The van der Waals surface area contributed by atoms with E-state index in [1.165, 1.54) is 18.3 Å². The first kappa shape index (κ1) is 17.2. The number of benzene rings is 1. The molecular weight excluding hydrogens is 328 g/mol. The first-order chi connectivity index (χ1) is 12.7. The summed E-state index contributed by atoms with van der Waals surface area (Å²) in [6.07, 6.45) is 2.31. The van der Waals surface area contributed by atoms with Crippen LogP contribution in [0.2, 0.25) is 0 Å². The van der Waals surface area contributed by atoms with Crippen molar-refractivity contribution >= 4 is 11.6 Å². The minimum absolute atomic E-state index is 0.0438. The van der Waals surface area contributed by atoms with Crippen LogP contribution in [0.25, 0.3) is 0 Å². The normalized spacial score (nSPS) is 18.5. The first-order valence-corrected chi connectivity index (χ1v) is 9.40. The summed E-state index contributed by atoms with van der Waals surface area (Å²) in [4.78, 5) is 13.5. The van der Waals surface area contributed by atoms with Gasteiger partial charge in [0.1, 0.15) is 11.6 Å². The van der Waals surface area contributed by atoms with Gasteiger partial charge in [0.2, 0.25) is 5.91 Å². The first-order valence-electron chi connectivity index (χ1n) is 9.40. The molecule has 0 unspecified atom stereocenters. The van der Waals surface area contributed by atoms with Gasteiger partial charge in [-0.25, -0.2) is 0 Å². The monoisotopic (exact) mass is 354 g/mol. The Hall–Kier alpha value is -2.25. The van der Waals surface area contributed by atoms with E-state index < -0.39 is 0 Å². The number of fused-ring (bicyclic) bond motifs is 1. The molecule has 0 aliphatic carbocycles. The molecule has 2 aliphatic heterocycles. The van der Waals surface area contributed by atoms with Crippen LogP contribution < -0.4 is 10.6 Å². The van der Waals surface area contributed by atoms with E-state index in [4.69, 9.17) is 0 Å². The number of hydrogen-bond donors (Lipinski definition) is 2. The van der Waals surface area contributed by atoms with E-state index in [-0.39, 0.29) is 5.91 Å². The highest BCUT2D eigenvalue weighted by Crippen LogP contribution is 2.26. The van der Waals surface area contributed by atoms with Gasteiger partial charge in [0, 0.05) is 38.2 Å². The number of nitrogens with one attached hydrogen (secondary N) is 2. The van der Waals surface area contributed by atoms with Crippen molar-refractivity contribution in [3.8, 4) is 0 Å². The molecular formula is C19H26N6O. The number of rotatable bonds is 4. The number of nitrogens with zero attached hydrogens (tertiary/aromatic N) is 4. The van der Waals surface area contributed by atoms with Gasteiger partial charge in [-0.15, -0.1) is 10.2 Å². The zero-order chi connectivity index (χ0) is 17.9. The van der Waals surface area contributed by atoms with Crippen molar-refractivity contribution in [3.63, 3.8) is 0 Å². The molecule has 1 saturated heterocycles. The molecule has 1 amide bonds. The van der Waals surface area contributed by atoms with E-state index in [1.54, 1.807) is 0 Å². The zero-order valence-corrected chi connectivity index (χ0v) is 15.2. The third-order valence-electron chi connectivity index (χ3n) is 5.25. The van der Waals surface area contributed by atoms with Gasteiger partial charge in [-0.3, -0.25) is 9.69 Å². The fourth-order valence-corrected chi connectivity index (χ4v) is 3.90. The van der Waals surface area contributed by atoms with E-state index in [0.29, 0.717) is 5.92 Å². The maximum absolute atomic E-state index is 11.1. The maximum Gasteiger partial charge on any atom is 0.221 e. The Kier molecular flexibility index (Phi) is 4.99. The summed E-state index contributed by atoms with van der Waals surface area (Å²) >= 11 is 0. The topological polar surface area (TPSA) is 75.1 Å². The second-order valence-corrected chi connectivity index (χ2v) is 7.24. The molecule has 0 spiro atoms. The third-order valence-corrected chi connectivity index (χ3v) is 5.25. The van der Waals surface area contributed by atoms with Crippen molar-refractivity contribution in [1.29, 1.82) is 0 Å². The molecule has 0 atom stereocenters. The number of carbonyl (C=O) groups excluding carboxylic acids is 1. The summed E-state index contributed by atoms with van der Waals surface area (Å²) in [7, 11) is 0. The lowest BCUT2D eigenvalue weighted by molar-refractivity contribution is -0.114. The maximum atomic E-state index is 11.1. The zero-order valence-electron chi connectivity index (χ0n) is 15.2. The quantitative estimate of drug-likeness (QED) is 0.874. The highest BCUT2D eigenvalue weighted by Gasteiger charge is 2.26. The van der Waals surface area contributed by atoms with Crippen LogP contribution in [0.5, 0.6) is 0 Å². The molecule has 2 aromatic rings. The summed E-state index contributed by atoms with van der Waals surface area (Å²) in [5.41, 5.74) is 2.08. The van der Waals surface area contributed by atoms with E-state index in [0.717, 1.165) is 63.6 Å². The number of aromatic nitrogens is 3. The van der Waals surface area contributed by atoms with E-state index in [1.807, 2.05) is 12.1 Å². The second kappa shape index (κ2) is 7.55. The largest absolute Gasteiger partial charge is 0.326 e. The number of anilines is 1. The van der Waals surface area contributed by atoms with Gasteiger partial charge in [0.25, 0.3) is 0 Å². The molecule has 7 heteroatoms. The van der Waals surface area contributed by atoms with Gasteiger partial charge in [0.05, 0.1) is 6.54 Å². The van der Waals surface area contributed by atoms with Gasteiger partial charge < -0.3 is 15.2 Å². The smallest absolute Gasteiger partial charge is 0.221 e. The molecule has 4 rings (SSSR count). The Morgan fingerprint density at radius 3 is 2.69 bits per heavy atom. The summed E-state index contributed by atoms with van der Waals surface area (Å²) in [5, 5.41) is 15.2. The average molecular weight is 354 g/mol. The molecule has 2 N–H and O–H groups in total. The summed E-state index contributed by atoms with van der Waals surface area (Å²) < 4.78 is 2.34. The Labute approximate surface area is 153 Å². The SMILES string of the molecule is CC(=O)Nc1ccc(CN2CCn3c(nnc3C3CCNCC3)C2)cc1. The van der Waals surface area contributed by atoms with Crippen LogP contribution in [0.3, 0.4) is 0 Å². The molecule has 0 saturated carbocycles. The van der Waals surface area contributed by atoms with Crippen molar-refractivity contribution < 1.29 is 4.79 Å². The second-order valence-electron chi connectivity index (χ2n) is 7.24. The standard InChI is InChI=1S/C19H26N6O/c1-14(26)21-17-4-2-15(3-5-17)12-24-10-11-25-18(13-24)22-23-19(25)16-6-8-20-9-7-16/h2-5,16,20H,6-13H2,1H3,(H,21,26). The van der Waals surface area contributed by atoms with Crippen LogP contribution in [-0.2, 0) is 24.4 Å². The van der Waals surface area contributed by atoms with E-state index in [9.17, 15) is 4.79 Å². The van der Waals surface area contributed by atoms with Crippen LogP contribution in [-0.4, -0.2) is 45.2 Å². The van der Waals surface area contributed by atoms with Gasteiger partial charge in [-0.1, -0.05) is 12.1 Å². The minimum Gasteiger partial charge on any atom is -0.326 e. The van der Waals surface area contributed by atoms with Crippen molar-refractivity contribution in [2.24, 2.45) is 0 Å². The van der Waals surface area contributed by atoms with E-state index >= 15 is 0 Å². The van der Waals surface area contributed by atoms with E-state index in [2.05, 4.69) is 42.4 Å². The molecule has 0 bridgehead atoms. The highest BCUT2D eigenvalue weighted by atomic mass is 16.1. The summed E-state index contributed by atoms with van der Waals surface area (Å²) in [6, 6.07) is 8.06. The minimum atomic E-state index is -0.0438. The van der Waals surface area contributed by atoms with Gasteiger partial charge in [-0.05, 0) is 43.6 Å². The van der Waals surface area contributed by atoms with Crippen LogP contribution in [0, 0.1) is 0 Å². The lowest BCUT2D eigenvalue weighted by Gasteiger charge is -2.29. The molecule has 2 aliphatic rings.